The van der Waals surface area contributed by atoms with Crippen molar-refractivity contribution in [2.24, 2.45) is 5.73 Å². The molecule has 0 saturated heterocycles. The number of nitrogens with two attached hydrogens (primary N) is 1. The van der Waals surface area contributed by atoms with E-state index in [0.29, 0.717) is 11.4 Å². The van der Waals surface area contributed by atoms with Gasteiger partial charge in [-0.2, -0.15) is 0 Å². The minimum Gasteiger partial charge on any atom is -0.477 e. The number of carbonyl (C=O) groups is 2. The van der Waals surface area contributed by atoms with E-state index < -0.39 is 12.0 Å². The first kappa shape index (κ1) is 12.7. The molecule has 96 valence electrons. The van der Waals surface area contributed by atoms with Crippen molar-refractivity contribution >= 4 is 29.1 Å². The van der Waals surface area contributed by atoms with Gasteiger partial charge in [-0.25, -0.2) is 0 Å². The van der Waals surface area contributed by atoms with Gasteiger partial charge in [-0.3, -0.25) is 9.59 Å². The molecule has 0 spiro atoms. The Balaban J connectivity index is 2.47. The third-order valence-electron chi connectivity index (χ3n) is 2.82. The smallest absolute Gasteiger partial charge is 0.260 e. The summed E-state index contributed by atoms with van der Waals surface area (Å²) in [4.78, 5) is 24.5. The van der Waals surface area contributed by atoms with Crippen LogP contribution in [0.2, 0.25) is 0 Å². The first-order valence-electron chi connectivity index (χ1n) is 5.46. The molecule has 1 aliphatic heterocycles. The van der Waals surface area contributed by atoms with Crippen LogP contribution in [0.15, 0.2) is 18.2 Å². The highest BCUT2D eigenvalue weighted by atomic mass is 35.5. The molecular formula is C12H13ClN2O3. The molecule has 0 bridgehead atoms. The maximum absolute atomic E-state index is 11.8. The maximum Gasteiger partial charge on any atom is 0.260 e. The summed E-state index contributed by atoms with van der Waals surface area (Å²) in [6.07, 6.45) is -0.841. The zero-order valence-corrected chi connectivity index (χ0v) is 10.6. The predicted molar refractivity (Wildman–Crippen MR) is 67.9 cm³/mol. The fraction of sp³-hybridized carbons (Fsp3) is 0.333. The maximum atomic E-state index is 11.8. The molecule has 5 nitrogen and oxygen atoms in total. The van der Waals surface area contributed by atoms with Crippen molar-refractivity contribution in [2.45, 2.75) is 13.0 Å². The van der Waals surface area contributed by atoms with Crippen LogP contribution in [0.3, 0.4) is 0 Å². The van der Waals surface area contributed by atoms with Crippen molar-refractivity contribution in [3.8, 4) is 5.75 Å². The van der Waals surface area contributed by atoms with Crippen molar-refractivity contribution in [3.63, 3.8) is 0 Å². The van der Waals surface area contributed by atoms with Gasteiger partial charge in [0.05, 0.1) is 12.2 Å². The van der Waals surface area contributed by atoms with E-state index in [9.17, 15) is 9.59 Å². The Kier molecular flexibility index (Phi) is 3.43. The number of hydrogen-bond donors (Lipinski definition) is 1. The fourth-order valence-corrected chi connectivity index (χ4v) is 2.11. The summed E-state index contributed by atoms with van der Waals surface area (Å²) < 4.78 is 5.49. The number of hydrogen-bond acceptors (Lipinski definition) is 3. The second-order valence-electron chi connectivity index (χ2n) is 4.07. The van der Waals surface area contributed by atoms with Crippen molar-refractivity contribution in [2.75, 3.05) is 17.3 Å². The highest BCUT2D eigenvalue weighted by Crippen LogP contribution is 2.36. The van der Waals surface area contributed by atoms with Crippen molar-refractivity contribution in [3.05, 3.63) is 23.8 Å². The summed E-state index contributed by atoms with van der Waals surface area (Å²) in [6, 6.07) is 5.36. The molecule has 1 unspecified atom stereocenters. The number of carbonyl (C=O) groups excluding carboxylic acids is 2. The third kappa shape index (κ3) is 2.13. The number of ether oxygens (including phenoxy) is 1. The number of primary amides is 1. The lowest BCUT2D eigenvalue weighted by Crippen LogP contribution is -2.50. The molecule has 0 aromatic heterocycles. The molecule has 1 heterocycles. The lowest BCUT2D eigenvalue weighted by molar-refractivity contribution is -0.125. The van der Waals surface area contributed by atoms with Crippen LogP contribution in [0.5, 0.6) is 5.75 Å². The van der Waals surface area contributed by atoms with Crippen LogP contribution in [0.4, 0.5) is 5.69 Å². The van der Waals surface area contributed by atoms with Gasteiger partial charge in [0, 0.05) is 0 Å². The molecule has 0 radical (unpaired) electrons. The number of rotatable bonds is 2. The number of nitrogens with zero attached hydrogens (tertiary/aromatic N) is 1. The molecule has 18 heavy (non-hydrogen) atoms. The average molecular weight is 269 g/mol. The van der Waals surface area contributed by atoms with E-state index >= 15 is 0 Å². The summed E-state index contributed by atoms with van der Waals surface area (Å²) in [5.41, 5.74) is 6.77. The zero-order chi connectivity index (χ0) is 13.3. The molecule has 1 aromatic rings. The van der Waals surface area contributed by atoms with E-state index in [2.05, 4.69) is 0 Å². The van der Waals surface area contributed by atoms with E-state index in [0.717, 1.165) is 5.56 Å². The van der Waals surface area contributed by atoms with Crippen LogP contribution in [-0.2, 0) is 9.59 Å². The number of para-hydroxylation sites is 1. The van der Waals surface area contributed by atoms with Gasteiger partial charge in [-0.15, -0.1) is 11.6 Å². The van der Waals surface area contributed by atoms with Gasteiger partial charge in [0.2, 0.25) is 5.91 Å². The monoisotopic (exact) mass is 268 g/mol. The highest BCUT2D eigenvalue weighted by molar-refractivity contribution is 6.29. The van der Waals surface area contributed by atoms with Gasteiger partial charge in [0.25, 0.3) is 5.91 Å². The molecule has 2 N–H and O–H groups in total. The number of fused-ring (bicyclic) bond motifs is 1. The Labute approximate surface area is 109 Å². The van der Waals surface area contributed by atoms with E-state index in [1.165, 1.54) is 4.90 Å². The highest BCUT2D eigenvalue weighted by Gasteiger charge is 2.33. The molecule has 2 rings (SSSR count). The predicted octanol–water partition coefficient (Wildman–Crippen LogP) is 0.813. The van der Waals surface area contributed by atoms with E-state index in [4.69, 9.17) is 22.1 Å². The SMILES string of the molecule is Cc1cccc2c1N(C(=O)CCl)CC(C(N)=O)O2. The van der Waals surface area contributed by atoms with Crippen molar-refractivity contribution in [1.29, 1.82) is 0 Å². The van der Waals surface area contributed by atoms with Gasteiger partial charge < -0.3 is 15.4 Å². The summed E-state index contributed by atoms with van der Waals surface area (Å²) >= 11 is 5.58. The molecule has 1 aliphatic rings. The molecular weight excluding hydrogens is 256 g/mol. The molecule has 1 atom stereocenters. The van der Waals surface area contributed by atoms with Gasteiger partial charge in [-0.05, 0) is 18.6 Å². The Morgan fingerprint density at radius 1 is 1.56 bits per heavy atom. The lowest BCUT2D eigenvalue weighted by atomic mass is 10.1. The molecule has 0 saturated carbocycles. The fourth-order valence-electron chi connectivity index (χ4n) is 1.97. The summed E-state index contributed by atoms with van der Waals surface area (Å²) in [5, 5.41) is 0. The van der Waals surface area contributed by atoms with Crippen LogP contribution in [0, 0.1) is 6.92 Å². The minimum absolute atomic E-state index is 0.0960. The first-order chi connectivity index (χ1) is 8.54. The Morgan fingerprint density at radius 2 is 2.28 bits per heavy atom. The van der Waals surface area contributed by atoms with E-state index in [-0.39, 0.29) is 18.3 Å². The number of halogens is 1. The van der Waals surface area contributed by atoms with E-state index in [1.54, 1.807) is 12.1 Å². The van der Waals surface area contributed by atoms with Crippen LogP contribution >= 0.6 is 11.6 Å². The second-order valence-corrected chi connectivity index (χ2v) is 4.34. The van der Waals surface area contributed by atoms with Crippen LogP contribution in [0.1, 0.15) is 5.56 Å². The number of aryl methyl sites for hydroxylation is 1. The molecule has 0 fully saturated rings. The normalized spacial score (nSPS) is 17.9. The molecule has 1 aromatic carbocycles. The standard InChI is InChI=1S/C12H13ClN2O3/c1-7-3-2-4-8-11(7)15(10(16)5-13)6-9(18-8)12(14)17/h2-4,9H,5-6H2,1H3,(H2,14,17). The van der Waals surface area contributed by atoms with Gasteiger partial charge in [0.1, 0.15) is 11.6 Å². The average Bonchev–Trinajstić information content (AvgIpc) is 2.36. The topological polar surface area (TPSA) is 72.6 Å². The quantitative estimate of drug-likeness (QED) is 0.807. The Morgan fingerprint density at radius 3 is 2.89 bits per heavy atom. The minimum atomic E-state index is -0.841. The van der Waals surface area contributed by atoms with Crippen molar-refractivity contribution < 1.29 is 14.3 Å². The number of amides is 2. The number of benzene rings is 1. The van der Waals surface area contributed by atoms with Gasteiger partial charge in [0.15, 0.2) is 6.10 Å². The molecule has 0 aliphatic carbocycles. The van der Waals surface area contributed by atoms with Crippen LogP contribution in [0.25, 0.3) is 0 Å². The first-order valence-corrected chi connectivity index (χ1v) is 6.00. The summed E-state index contributed by atoms with van der Waals surface area (Å²) in [5.74, 6) is -0.556. The van der Waals surface area contributed by atoms with Crippen LogP contribution < -0.4 is 15.4 Å². The van der Waals surface area contributed by atoms with Crippen LogP contribution in [-0.4, -0.2) is 30.3 Å². The summed E-state index contributed by atoms with van der Waals surface area (Å²) in [6.45, 7) is 1.96. The van der Waals surface area contributed by atoms with Gasteiger partial charge >= 0.3 is 0 Å². The number of alkyl halides is 1. The molecule has 2 amide bonds. The second kappa shape index (κ2) is 4.86. The molecule has 6 heteroatoms. The Hall–Kier alpha value is -1.75. The Bertz CT molecular complexity index is 504. The van der Waals surface area contributed by atoms with Crippen molar-refractivity contribution in [1.82, 2.24) is 0 Å². The van der Waals surface area contributed by atoms with E-state index in [1.807, 2.05) is 13.0 Å². The largest absolute Gasteiger partial charge is 0.477 e. The number of anilines is 1. The van der Waals surface area contributed by atoms with Gasteiger partial charge in [-0.1, -0.05) is 12.1 Å². The lowest BCUT2D eigenvalue weighted by Gasteiger charge is -2.34. The summed E-state index contributed by atoms with van der Waals surface area (Å²) in [7, 11) is 0. The zero-order valence-electron chi connectivity index (χ0n) is 9.85. The third-order valence-corrected chi connectivity index (χ3v) is 3.05.